The minimum atomic E-state index is -2.75. The van der Waals surface area contributed by atoms with E-state index in [1.165, 1.54) is 30.1 Å². The Morgan fingerprint density at radius 1 is 1.15 bits per heavy atom. The quantitative estimate of drug-likeness (QED) is 0.294. The van der Waals surface area contributed by atoms with Gasteiger partial charge in [0.2, 0.25) is 11.8 Å². The van der Waals surface area contributed by atoms with Crippen LogP contribution in [0.2, 0.25) is 0 Å². The predicted octanol–water partition coefficient (Wildman–Crippen LogP) is 8.08. The maximum Gasteiger partial charge on any atom is 0.325 e. The molecule has 0 heterocycles. The largest absolute Gasteiger partial charge is 0.351 e. The molecule has 1 atom stereocenters. The highest BCUT2D eigenvalue weighted by Gasteiger charge is 2.40. The summed E-state index contributed by atoms with van der Waals surface area (Å²) in [6.07, 6.45) is 4.09. The first-order valence-corrected chi connectivity index (χ1v) is 14.2. The molecule has 8 heteroatoms. The Balaban J connectivity index is 2.70. The van der Waals surface area contributed by atoms with Gasteiger partial charge in [0.25, 0.3) is 0 Å². The molecular formula is C32H46F3N3O2. The van der Waals surface area contributed by atoms with Crippen LogP contribution in [0.3, 0.4) is 0 Å². The number of carbonyl (C=O) groups excluding carboxylic acids is 2. The molecule has 0 spiro atoms. The number of allylic oxidation sites excluding steroid dienone is 3. The fourth-order valence-corrected chi connectivity index (χ4v) is 4.82. The highest BCUT2D eigenvalue weighted by Crippen LogP contribution is 2.34. The Morgan fingerprint density at radius 2 is 1.73 bits per heavy atom. The molecule has 1 N–H and O–H groups in total. The highest BCUT2D eigenvalue weighted by atomic mass is 19.3. The topological polar surface area (TPSA) is 52.7 Å². The second-order valence-corrected chi connectivity index (χ2v) is 11.8. The van der Waals surface area contributed by atoms with Crippen LogP contribution in [-0.2, 0) is 10.2 Å². The van der Waals surface area contributed by atoms with Crippen LogP contribution in [0.5, 0.6) is 0 Å². The van der Waals surface area contributed by atoms with Gasteiger partial charge < -0.3 is 10.2 Å². The van der Waals surface area contributed by atoms with Gasteiger partial charge >= 0.3 is 6.03 Å². The van der Waals surface area contributed by atoms with Crippen molar-refractivity contribution in [2.24, 2.45) is 0 Å². The van der Waals surface area contributed by atoms with E-state index in [0.717, 1.165) is 5.56 Å². The summed E-state index contributed by atoms with van der Waals surface area (Å²) in [6.45, 7) is 17.8. The van der Waals surface area contributed by atoms with Crippen LogP contribution in [0.25, 0.3) is 0 Å². The van der Waals surface area contributed by atoms with Gasteiger partial charge in [-0.05, 0) is 74.8 Å². The van der Waals surface area contributed by atoms with Crippen molar-refractivity contribution in [3.63, 3.8) is 0 Å². The first-order chi connectivity index (χ1) is 18.6. The number of hydrogen-bond acceptors (Lipinski definition) is 2. The predicted molar refractivity (Wildman–Crippen MR) is 157 cm³/mol. The van der Waals surface area contributed by atoms with Crippen LogP contribution < -0.4 is 10.2 Å². The molecule has 3 amide bonds. The third-order valence-electron chi connectivity index (χ3n) is 7.25. The third kappa shape index (κ3) is 8.73. The molecule has 0 aliphatic heterocycles. The van der Waals surface area contributed by atoms with Crippen molar-refractivity contribution in [2.75, 3.05) is 11.4 Å². The van der Waals surface area contributed by atoms with Crippen LogP contribution in [0.15, 0.2) is 60.5 Å². The van der Waals surface area contributed by atoms with Crippen LogP contribution in [0.4, 0.5) is 23.7 Å². The first-order valence-electron chi connectivity index (χ1n) is 14.2. The Labute approximate surface area is 238 Å². The number of benzene rings is 1. The molecule has 1 fully saturated rings. The molecule has 0 aromatic heterocycles. The molecule has 222 valence electrons. The molecule has 2 rings (SSSR count). The molecule has 1 aliphatic carbocycles. The molecule has 1 aromatic rings. The Morgan fingerprint density at radius 3 is 2.17 bits per heavy atom. The van der Waals surface area contributed by atoms with Crippen molar-refractivity contribution < 1.29 is 22.8 Å². The van der Waals surface area contributed by atoms with Crippen molar-refractivity contribution in [3.8, 4) is 0 Å². The van der Waals surface area contributed by atoms with Gasteiger partial charge in [0.15, 0.2) is 0 Å². The SMILES string of the molecule is C=C/C(=C\C(F)=C/C)C(C(=O)NC1CCC(F)(F)CC1)N(C(=O)N(CCC)C(C)C)c1ccc(C(C)(C)C)cc1. The fraction of sp³-hybridized carbons (Fsp3) is 0.562. The monoisotopic (exact) mass is 561 g/mol. The number of alkyl halides is 2. The number of carbonyl (C=O) groups is 2. The van der Waals surface area contributed by atoms with Gasteiger partial charge in [-0.1, -0.05) is 58.6 Å². The van der Waals surface area contributed by atoms with E-state index >= 15 is 0 Å². The average Bonchev–Trinajstić information content (AvgIpc) is 2.89. The molecule has 1 unspecified atom stereocenters. The van der Waals surface area contributed by atoms with Crippen LogP contribution >= 0.6 is 0 Å². The van der Waals surface area contributed by atoms with E-state index in [4.69, 9.17) is 0 Å². The van der Waals surface area contributed by atoms with E-state index in [0.29, 0.717) is 18.7 Å². The van der Waals surface area contributed by atoms with E-state index < -0.39 is 35.8 Å². The summed E-state index contributed by atoms with van der Waals surface area (Å²) < 4.78 is 42.2. The molecule has 5 nitrogen and oxygen atoms in total. The molecule has 1 aliphatic rings. The van der Waals surface area contributed by atoms with Crippen molar-refractivity contribution in [3.05, 3.63) is 66.0 Å². The molecule has 0 bridgehead atoms. The highest BCUT2D eigenvalue weighted by molar-refractivity contribution is 6.02. The maximum absolute atomic E-state index is 14.6. The summed E-state index contributed by atoms with van der Waals surface area (Å²) in [5.74, 6) is -3.91. The number of nitrogens with zero attached hydrogens (tertiary/aromatic N) is 2. The second-order valence-electron chi connectivity index (χ2n) is 11.8. The van der Waals surface area contributed by atoms with Crippen LogP contribution in [-0.4, -0.2) is 47.4 Å². The van der Waals surface area contributed by atoms with E-state index in [-0.39, 0.29) is 42.7 Å². The molecule has 0 saturated heterocycles. The third-order valence-corrected chi connectivity index (χ3v) is 7.25. The van der Waals surface area contributed by atoms with Gasteiger partial charge in [-0.2, -0.15) is 0 Å². The number of anilines is 1. The maximum atomic E-state index is 14.6. The van der Waals surface area contributed by atoms with Crippen molar-refractivity contribution in [1.82, 2.24) is 10.2 Å². The normalized spacial score (nSPS) is 17.4. The average molecular weight is 562 g/mol. The summed E-state index contributed by atoms with van der Waals surface area (Å²) in [5.41, 5.74) is 1.55. The van der Waals surface area contributed by atoms with E-state index in [9.17, 15) is 22.8 Å². The smallest absolute Gasteiger partial charge is 0.325 e. The van der Waals surface area contributed by atoms with Gasteiger partial charge in [0, 0.05) is 37.2 Å². The van der Waals surface area contributed by atoms with Crippen molar-refractivity contribution in [1.29, 1.82) is 0 Å². The standard InChI is InChI=1S/C32H46F3N3O2/c1-9-20-37(22(4)5)30(40)38(27-14-12-24(13-15-27)31(6,7)8)28(23(10-2)21-25(33)11-3)29(39)36-26-16-18-32(34,35)19-17-26/h10-15,21-22,26,28H,2,9,16-20H2,1,3-8H3,(H,36,39)/b23-21+,25-11+. The number of halogens is 3. The molecule has 0 radical (unpaired) electrons. The summed E-state index contributed by atoms with van der Waals surface area (Å²) in [7, 11) is 0. The van der Waals surface area contributed by atoms with Gasteiger partial charge in [0.1, 0.15) is 11.9 Å². The van der Waals surface area contributed by atoms with Crippen molar-refractivity contribution >= 4 is 17.6 Å². The lowest BCUT2D eigenvalue weighted by Gasteiger charge is -2.39. The van der Waals surface area contributed by atoms with E-state index in [1.54, 1.807) is 17.0 Å². The second kappa shape index (κ2) is 14.0. The lowest BCUT2D eigenvalue weighted by atomic mass is 9.87. The Bertz CT molecular complexity index is 1080. The molecular weight excluding hydrogens is 515 g/mol. The van der Waals surface area contributed by atoms with E-state index in [1.807, 2.05) is 32.9 Å². The zero-order valence-corrected chi connectivity index (χ0v) is 25.1. The summed E-state index contributed by atoms with van der Waals surface area (Å²) in [4.78, 5) is 31.3. The zero-order valence-electron chi connectivity index (χ0n) is 25.1. The Hall–Kier alpha value is -3.03. The van der Waals surface area contributed by atoms with Crippen molar-refractivity contribution in [2.45, 2.75) is 110 Å². The lowest BCUT2D eigenvalue weighted by Crippen LogP contribution is -2.57. The van der Waals surface area contributed by atoms with Gasteiger partial charge in [-0.15, -0.1) is 0 Å². The zero-order chi connectivity index (χ0) is 30.3. The van der Waals surface area contributed by atoms with Gasteiger partial charge in [-0.3, -0.25) is 9.69 Å². The number of nitrogens with one attached hydrogen (secondary N) is 1. The van der Waals surface area contributed by atoms with Crippen LogP contribution in [0.1, 0.15) is 86.1 Å². The van der Waals surface area contributed by atoms with Gasteiger partial charge in [-0.25, -0.2) is 18.0 Å². The molecule has 40 heavy (non-hydrogen) atoms. The number of rotatable bonds is 10. The Kier molecular flexibility index (Phi) is 11.6. The summed E-state index contributed by atoms with van der Waals surface area (Å²) >= 11 is 0. The number of amides is 3. The van der Waals surface area contributed by atoms with Gasteiger partial charge in [0.05, 0.1) is 0 Å². The fourth-order valence-electron chi connectivity index (χ4n) is 4.82. The first kappa shape index (κ1) is 33.2. The number of urea groups is 1. The minimum Gasteiger partial charge on any atom is -0.351 e. The number of hydrogen-bond donors (Lipinski definition) is 1. The summed E-state index contributed by atoms with van der Waals surface area (Å²) in [6, 6.07) is 5.06. The molecule has 1 aromatic carbocycles. The molecule has 1 saturated carbocycles. The van der Waals surface area contributed by atoms with E-state index in [2.05, 4.69) is 32.7 Å². The van der Waals surface area contributed by atoms with Crippen LogP contribution in [0, 0.1) is 0 Å². The lowest BCUT2D eigenvalue weighted by molar-refractivity contribution is -0.123. The minimum absolute atomic E-state index is 0.115. The summed E-state index contributed by atoms with van der Waals surface area (Å²) in [5, 5.41) is 2.89.